The van der Waals surface area contributed by atoms with Crippen molar-refractivity contribution in [2.45, 2.75) is 31.1 Å². The summed E-state index contributed by atoms with van der Waals surface area (Å²) in [6.07, 6.45) is 2.80. The van der Waals surface area contributed by atoms with E-state index in [4.69, 9.17) is 0 Å². The molecule has 4 rings (SSSR count). The van der Waals surface area contributed by atoms with Gasteiger partial charge in [0.1, 0.15) is 0 Å². The first-order valence-corrected chi connectivity index (χ1v) is 12.0. The van der Waals surface area contributed by atoms with E-state index < -0.39 is 10.0 Å². The fourth-order valence-electron chi connectivity index (χ4n) is 3.74. The van der Waals surface area contributed by atoms with Gasteiger partial charge in [0.05, 0.1) is 4.90 Å². The van der Waals surface area contributed by atoms with Crippen LogP contribution >= 0.6 is 0 Å². The summed E-state index contributed by atoms with van der Waals surface area (Å²) in [5, 5.41) is 2.91. The molecule has 0 aromatic heterocycles. The molecular formula is C25H26N2O3S. The number of hydrogen-bond donors (Lipinski definition) is 1. The molecule has 0 atom stereocenters. The van der Waals surface area contributed by atoms with E-state index in [2.05, 4.69) is 12.2 Å². The molecule has 1 N–H and O–H groups in total. The van der Waals surface area contributed by atoms with Crippen molar-refractivity contribution in [1.82, 2.24) is 4.31 Å². The van der Waals surface area contributed by atoms with Gasteiger partial charge in [-0.25, -0.2) is 8.42 Å². The number of rotatable bonds is 6. The van der Waals surface area contributed by atoms with E-state index in [1.807, 2.05) is 48.5 Å². The number of benzene rings is 3. The summed E-state index contributed by atoms with van der Waals surface area (Å²) < 4.78 is 26.9. The summed E-state index contributed by atoms with van der Waals surface area (Å²) in [6, 6.07) is 22.1. The number of hydrogen-bond acceptors (Lipinski definition) is 3. The third-order valence-corrected chi connectivity index (χ3v) is 7.57. The SMILES string of the molecule is CCc1ccc(NC(=O)c2ccc(-c3ccc(S(=O)(=O)N4CCCC4)cc3)cc2)cc1. The maximum Gasteiger partial charge on any atom is 0.255 e. The lowest BCUT2D eigenvalue weighted by molar-refractivity contribution is 0.102. The summed E-state index contributed by atoms with van der Waals surface area (Å²) in [5.41, 5.74) is 4.38. The summed E-state index contributed by atoms with van der Waals surface area (Å²) in [6.45, 7) is 3.28. The van der Waals surface area contributed by atoms with Crippen LogP contribution in [0, 0.1) is 0 Å². The summed E-state index contributed by atoms with van der Waals surface area (Å²) in [5.74, 6) is -0.164. The fourth-order valence-corrected chi connectivity index (χ4v) is 5.26. The van der Waals surface area contributed by atoms with Crippen LogP contribution in [0.2, 0.25) is 0 Å². The number of amides is 1. The van der Waals surface area contributed by atoms with Crippen LogP contribution in [0.15, 0.2) is 77.7 Å². The minimum absolute atomic E-state index is 0.164. The molecular weight excluding hydrogens is 408 g/mol. The second-order valence-corrected chi connectivity index (χ2v) is 9.66. The van der Waals surface area contributed by atoms with Crippen molar-refractivity contribution in [2.24, 2.45) is 0 Å². The van der Waals surface area contributed by atoms with Crippen molar-refractivity contribution >= 4 is 21.6 Å². The Hall–Kier alpha value is -2.96. The van der Waals surface area contributed by atoms with Crippen molar-refractivity contribution in [3.63, 3.8) is 0 Å². The van der Waals surface area contributed by atoms with Gasteiger partial charge in [-0.3, -0.25) is 4.79 Å². The van der Waals surface area contributed by atoms with Crippen LogP contribution in [0.3, 0.4) is 0 Å². The van der Waals surface area contributed by atoms with Crippen molar-refractivity contribution in [2.75, 3.05) is 18.4 Å². The van der Waals surface area contributed by atoms with E-state index in [9.17, 15) is 13.2 Å². The lowest BCUT2D eigenvalue weighted by Gasteiger charge is -2.15. The van der Waals surface area contributed by atoms with Crippen molar-refractivity contribution in [3.8, 4) is 11.1 Å². The van der Waals surface area contributed by atoms with E-state index in [0.717, 1.165) is 36.1 Å². The van der Waals surface area contributed by atoms with Gasteiger partial charge in [0.25, 0.3) is 5.91 Å². The molecule has 0 bridgehead atoms. The normalized spacial score (nSPS) is 14.5. The largest absolute Gasteiger partial charge is 0.322 e. The molecule has 3 aromatic rings. The molecule has 0 saturated carbocycles. The molecule has 1 fully saturated rings. The van der Waals surface area contributed by atoms with Gasteiger partial charge in [-0.2, -0.15) is 4.31 Å². The lowest BCUT2D eigenvalue weighted by atomic mass is 10.0. The minimum Gasteiger partial charge on any atom is -0.322 e. The number of aryl methyl sites for hydroxylation is 1. The van der Waals surface area contributed by atoms with E-state index in [0.29, 0.717) is 23.5 Å². The highest BCUT2D eigenvalue weighted by atomic mass is 32.2. The van der Waals surface area contributed by atoms with E-state index >= 15 is 0 Å². The molecule has 0 radical (unpaired) electrons. The van der Waals surface area contributed by atoms with Gasteiger partial charge in [-0.1, -0.05) is 43.3 Å². The molecule has 1 saturated heterocycles. The molecule has 0 unspecified atom stereocenters. The molecule has 1 heterocycles. The van der Waals surface area contributed by atoms with Gasteiger partial charge in [0, 0.05) is 24.3 Å². The molecule has 6 heteroatoms. The molecule has 1 aliphatic rings. The monoisotopic (exact) mass is 434 g/mol. The highest BCUT2D eigenvalue weighted by Gasteiger charge is 2.26. The number of nitrogens with one attached hydrogen (secondary N) is 1. The summed E-state index contributed by atoms with van der Waals surface area (Å²) >= 11 is 0. The predicted molar refractivity (Wildman–Crippen MR) is 124 cm³/mol. The van der Waals surface area contributed by atoms with Crippen LogP contribution in [0.4, 0.5) is 5.69 Å². The Balaban J connectivity index is 1.45. The first kappa shape index (κ1) is 21.3. The maximum absolute atomic E-state index is 12.7. The van der Waals surface area contributed by atoms with Crippen LogP contribution in [0.25, 0.3) is 11.1 Å². The Morgan fingerprint density at radius 1 is 0.839 bits per heavy atom. The van der Waals surface area contributed by atoms with Gasteiger partial charge in [0.15, 0.2) is 0 Å². The Bertz CT molecular complexity index is 1150. The minimum atomic E-state index is -3.41. The highest BCUT2D eigenvalue weighted by molar-refractivity contribution is 7.89. The third kappa shape index (κ3) is 4.70. The third-order valence-electron chi connectivity index (χ3n) is 5.66. The maximum atomic E-state index is 12.7. The van der Waals surface area contributed by atoms with Crippen LogP contribution < -0.4 is 5.32 Å². The van der Waals surface area contributed by atoms with E-state index in [-0.39, 0.29) is 5.91 Å². The molecule has 0 spiro atoms. The van der Waals surface area contributed by atoms with Crippen molar-refractivity contribution < 1.29 is 13.2 Å². The van der Waals surface area contributed by atoms with Gasteiger partial charge in [0.2, 0.25) is 10.0 Å². The average molecular weight is 435 g/mol. The fraction of sp³-hybridized carbons (Fsp3) is 0.240. The molecule has 3 aromatic carbocycles. The zero-order valence-electron chi connectivity index (χ0n) is 17.5. The summed E-state index contributed by atoms with van der Waals surface area (Å²) in [4.78, 5) is 12.8. The smallest absolute Gasteiger partial charge is 0.255 e. The Morgan fingerprint density at radius 3 is 1.94 bits per heavy atom. The van der Waals surface area contributed by atoms with Gasteiger partial charge < -0.3 is 5.32 Å². The zero-order chi connectivity index (χ0) is 21.8. The van der Waals surface area contributed by atoms with Crippen LogP contribution in [0.5, 0.6) is 0 Å². The lowest BCUT2D eigenvalue weighted by Crippen LogP contribution is -2.27. The van der Waals surface area contributed by atoms with Crippen LogP contribution in [-0.4, -0.2) is 31.7 Å². The molecule has 0 aliphatic carbocycles. The Morgan fingerprint density at radius 2 is 1.39 bits per heavy atom. The van der Waals surface area contributed by atoms with Crippen molar-refractivity contribution in [3.05, 3.63) is 83.9 Å². The van der Waals surface area contributed by atoms with E-state index in [1.165, 1.54) is 5.56 Å². The molecule has 1 amide bonds. The highest BCUT2D eigenvalue weighted by Crippen LogP contribution is 2.25. The first-order chi connectivity index (χ1) is 15.0. The molecule has 160 valence electrons. The standard InChI is InChI=1S/C25H26N2O3S/c1-2-19-5-13-23(14-6-19)26-25(28)22-9-7-20(8-10-22)21-11-15-24(16-12-21)31(29,30)27-17-3-4-18-27/h5-16H,2-4,17-18H2,1H3,(H,26,28). The van der Waals surface area contributed by atoms with Crippen molar-refractivity contribution in [1.29, 1.82) is 0 Å². The van der Waals surface area contributed by atoms with Crippen LogP contribution in [0.1, 0.15) is 35.7 Å². The number of anilines is 1. The second kappa shape index (κ2) is 9.04. The van der Waals surface area contributed by atoms with E-state index in [1.54, 1.807) is 28.6 Å². The molecule has 5 nitrogen and oxygen atoms in total. The summed E-state index contributed by atoms with van der Waals surface area (Å²) in [7, 11) is -3.41. The molecule has 1 aliphatic heterocycles. The number of nitrogens with zero attached hydrogens (tertiary/aromatic N) is 1. The van der Waals surface area contributed by atoms with Gasteiger partial charge in [-0.15, -0.1) is 0 Å². The quantitative estimate of drug-likeness (QED) is 0.597. The zero-order valence-corrected chi connectivity index (χ0v) is 18.4. The number of sulfonamides is 1. The van der Waals surface area contributed by atoms with Crippen LogP contribution in [-0.2, 0) is 16.4 Å². The Kier molecular flexibility index (Phi) is 6.20. The second-order valence-electron chi connectivity index (χ2n) is 7.72. The van der Waals surface area contributed by atoms with Gasteiger partial charge in [-0.05, 0) is 72.4 Å². The Labute approximate surface area is 183 Å². The van der Waals surface area contributed by atoms with Gasteiger partial charge >= 0.3 is 0 Å². The topological polar surface area (TPSA) is 66.5 Å². The molecule has 31 heavy (non-hydrogen) atoms. The number of carbonyl (C=O) groups is 1. The first-order valence-electron chi connectivity index (χ1n) is 10.6. The predicted octanol–water partition coefficient (Wildman–Crippen LogP) is 4.95. The number of carbonyl (C=O) groups excluding carboxylic acids is 1. The average Bonchev–Trinajstić information content (AvgIpc) is 3.36.